The van der Waals surface area contributed by atoms with Gasteiger partial charge in [-0.05, 0) is 25.5 Å². The Balaban J connectivity index is 2.66. The van der Waals surface area contributed by atoms with E-state index in [1.807, 2.05) is 10.9 Å². The monoisotopic (exact) mass is 190 g/mol. The van der Waals surface area contributed by atoms with Crippen LogP contribution in [0.1, 0.15) is 11.1 Å². The van der Waals surface area contributed by atoms with Gasteiger partial charge in [-0.1, -0.05) is 11.6 Å². The Morgan fingerprint density at radius 1 is 1.36 bits per heavy atom. The van der Waals surface area contributed by atoms with Crippen LogP contribution in [0.15, 0.2) is 18.3 Å². The van der Waals surface area contributed by atoms with Gasteiger partial charge in [-0.3, -0.25) is 4.68 Å². The van der Waals surface area contributed by atoms with Crippen molar-refractivity contribution in [3.8, 4) is 0 Å². The SMILES string of the molecule is Cc1cc(C)c2c(cnn2CCO)c1. The lowest BCUT2D eigenvalue weighted by Gasteiger charge is -2.04. The van der Waals surface area contributed by atoms with E-state index in [1.165, 1.54) is 11.1 Å². The summed E-state index contributed by atoms with van der Waals surface area (Å²) in [7, 11) is 0. The average molecular weight is 190 g/mol. The molecule has 0 fully saturated rings. The molecular weight excluding hydrogens is 176 g/mol. The number of rotatable bonds is 2. The van der Waals surface area contributed by atoms with E-state index >= 15 is 0 Å². The van der Waals surface area contributed by atoms with Crippen molar-refractivity contribution in [1.29, 1.82) is 0 Å². The summed E-state index contributed by atoms with van der Waals surface area (Å²) in [6.45, 7) is 4.85. The highest BCUT2D eigenvalue weighted by atomic mass is 16.3. The number of aliphatic hydroxyl groups is 1. The standard InChI is InChI=1S/C11H14N2O/c1-8-5-9(2)11-10(6-8)7-12-13(11)3-4-14/h5-7,14H,3-4H2,1-2H3. The Labute approximate surface area is 83.0 Å². The van der Waals surface area contributed by atoms with Gasteiger partial charge in [0.1, 0.15) is 0 Å². The molecule has 0 amide bonds. The fourth-order valence-electron chi connectivity index (χ4n) is 1.90. The zero-order chi connectivity index (χ0) is 10.1. The van der Waals surface area contributed by atoms with Crippen molar-refractivity contribution in [3.05, 3.63) is 29.5 Å². The first-order valence-corrected chi connectivity index (χ1v) is 4.76. The second-order valence-electron chi connectivity index (χ2n) is 3.61. The molecule has 0 aliphatic heterocycles. The van der Waals surface area contributed by atoms with Gasteiger partial charge in [-0.2, -0.15) is 5.10 Å². The van der Waals surface area contributed by atoms with Crippen molar-refractivity contribution in [2.45, 2.75) is 20.4 Å². The average Bonchev–Trinajstić information content (AvgIpc) is 2.49. The summed E-state index contributed by atoms with van der Waals surface area (Å²) in [5.41, 5.74) is 3.59. The second-order valence-corrected chi connectivity index (χ2v) is 3.61. The van der Waals surface area contributed by atoms with Crippen molar-refractivity contribution in [3.63, 3.8) is 0 Å². The van der Waals surface area contributed by atoms with Gasteiger partial charge in [-0.15, -0.1) is 0 Å². The molecule has 0 bridgehead atoms. The van der Waals surface area contributed by atoms with E-state index in [9.17, 15) is 0 Å². The topological polar surface area (TPSA) is 38.0 Å². The van der Waals surface area contributed by atoms with Gasteiger partial charge in [0.2, 0.25) is 0 Å². The van der Waals surface area contributed by atoms with Crippen LogP contribution in [0.3, 0.4) is 0 Å². The minimum Gasteiger partial charge on any atom is -0.394 e. The number of nitrogens with zero attached hydrogens (tertiary/aromatic N) is 2. The molecule has 0 unspecified atom stereocenters. The molecule has 0 aliphatic carbocycles. The first kappa shape index (κ1) is 9.21. The summed E-state index contributed by atoms with van der Waals surface area (Å²) < 4.78 is 1.85. The Bertz CT molecular complexity index is 460. The molecule has 14 heavy (non-hydrogen) atoms. The number of aryl methyl sites for hydroxylation is 2. The van der Waals surface area contributed by atoms with Crippen molar-refractivity contribution < 1.29 is 5.11 Å². The number of fused-ring (bicyclic) bond motifs is 1. The van der Waals surface area contributed by atoms with E-state index in [1.54, 1.807) is 0 Å². The quantitative estimate of drug-likeness (QED) is 0.781. The van der Waals surface area contributed by atoms with Crippen LogP contribution < -0.4 is 0 Å². The van der Waals surface area contributed by atoms with Crippen molar-refractivity contribution in [2.24, 2.45) is 0 Å². The fourth-order valence-corrected chi connectivity index (χ4v) is 1.90. The van der Waals surface area contributed by atoms with E-state index in [-0.39, 0.29) is 6.61 Å². The summed E-state index contributed by atoms with van der Waals surface area (Å²) >= 11 is 0. The summed E-state index contributed by atoms with van der Waals surface area (Å²) in [5.74, 6) is 0. The largest absolute Gasteiger partial charge is 0.394 e. The van der Waals surface area contributed by atoms with Crippen LogP contribution in [0.5, 0.6) is 0 Å². The molecule has 3 nitrogen and oxygen atoms in total. The van der Waals surface area contributed by atoms with Crippen LogP contribution in [0, 0.1) is 13.8 Å². The van der Waals surface area contributed by atoms with Crippen molar-refractivity contribution in [1.82, 2.24) is 9.78 Å². The van der Waals surface area contributed by atoms with E-state index < -0.39 is 0 Å². The third-order valence-corrected chi connectivity index (χ3v) is 2.38. The summed E-state index contributed by atoms with van der Waals surface area (Å²) in [5, 5.41) is 14.3. The van der Waals surface area contributed by atoms with E-state index in [0.29, 0.717) is 6.54 Å². The Morgan fingerprint density at radius 2 is 2.14 bits per heavy atom. The molecule has 0 radical (unpaired) electrons. The third kappa shape index (κ3) is 1.40. The predicted molar refractivity (Wildman–Crippen MR) is 56.3 cm³/mol. The van der Waals surface area contributed by atoms with Gasteiger partial charge in [0, 0.05) is 5.39 Å². The van der Waals surface area contributed by atoms with E-state index in [0.717, 1.165) is 10.9 Å². The lowest BCUT2D eigenvalue weighted by Crippen LogP contribution is -2.04. The molecule has 0 atom stereocenters. The Hall–Kier alpha value is -1.35. The number of benzene rings is 1. The molecule has 0 aliphatic rings. The van der Waals surface area contributed by atoms with Crippen molar-refractivity contribution in [2.75, 3.05) is 6.61 Å². The molecule has 0 spiro atoms. The minimum absolute atomic E-state index is 0.129. The van der Waals surface area contributed by atoms with Crippen molar-refractivity contribution >= 4 is 10.9 Å². The van der Waals surface area contributed by atoms with Crippen LogP contribution >= 0.6 is 0 Å². The van der Waals surface area contributed by atoms with E-state index in [4.69, 9.17) is 5.11 Å². The van der Waals surface area contributed by atoms with Crippen LogP contribution in [0.25, 0.3) is 10.9 Å². The highest BCUT2D eigenvalue weighted by Crippen LogP contribution is 2.19. The highest BCUT2D eigenvalue weighted by Gasteiger charge is 2.05. The summed E-state index contributed by atoms with van der Waals surface area (Å²) in [6.07, 6.45) is 1.85. The third-order valence-electron chi connectivity index (χ3n) is 2.38. The van der Waals surface area contributed by atoms with Gasteiger partial charge >= 0.3 is 0 Å². The van der Waals surface area contributed by atoms with Crippen LogP contribution in [-0.4, -0.2) is 21.5 Å². The molecule has 0 saturated carbocycles. The molecule has 0 saturated heterocycles. The van der Waals surface area contributed by atoms with Gasteiger partial charge in [0.25, 0.3) is 0 Å². The molecule has 2 aromatic rings. The van der Waals surface area contributed by atoms with Gasteiger partial charge < -0.3 is 5.11 Å². The first-order chi connectivity index (χ1) is 6.72. The maximum Gasteiger partial charge on any atom is 0.0712 e. The lowest BCUT2D eigenvalue weighted by atomic mass is 10.1. The fraction of sp³-hybridized carbons (Fsp3) is 0.364. The Morgan fingerprint density at radius 3 is 2.86 bits per heavy atom. The second kappa shape index (κ2) is 3.42. The number of aromatic nitrogens is 2. The molecule has 74 valence electrons. The normalized spacial score (nSPS) is 11.1. The molecule has 1 aromatic heterocycles. The molecule has 1 heterocycles. The van der Waals surface area contributed by atoms with Crippen LogP contribution in [0.4, 0.5) is 0 Å². The minimum atomic E-state index is 0.129. The molecule has 1 N–H and O–H groups in total. The number of hydrogen-bond donors (Lipinski definition) is 1. The van der Waals surface area contributed by atoms with Gasteiger partial charge in [0.05, 0.1) is 24.9 Å². The maximum absolute atomic E-state index is 8.88. The van der Waals surface area contributed by atoms with Crippen LogP contribution in [0.2, 0.25) is 0 Å². The highest BCUT2D eigenvalue weighted by molar-refractivity contribution is 5.82. The molecular formula is C11H14N2O. The first-order valence-electron chi connectivity index (χ1n) is 4.76. The number of aliphatic hydroxyl groups excluding tert-OH is 1. The van der Waals surface area contributed by atoms with Gasteiger partial charge in [0.15, 0.2) is 0 Å². The zero-order valence-corrected chi connectivity index (χ0v) is 8.49. The molecule has 3 heteroatoms. The predicted octanol–water partition coefficient (Wildman–Crippen LogP) is 1.65. The number of hydrogen-bond acceptors (Lipinski definition) is 2. The van der Waals surface area contributed by atoms with Gasteiger partial charge in [-0.25, -0.2) is 0 Å². The summed E-state index contributed by atoms with van der Waals surface area (Å²) in [6, 6.07) is 4.25. The summed E-state index contributed by atoms with van der Waals surface area (Å²) in [4.78, 5) is 0. The zero-order valence-electron chi connectivity index (χ0n) is 8.49. The Kier molecular flexibility index (Phi) is 2.25. The molecule has 1 aromatic carbocycles. The lowest BCUT2D eigenvalue weighted by molar-refractivity contribution is 0.271. The maximum atomic E-state index is 8.88. The van der Waals surface area contributed by atoms with Crippen LogP contribution in [-0.2, 0) is 6.54 Å². The molecule has 2 rings (SSSR count). The van der Waals surface area contributed by atoms with E-state index in [2.05, 4.69) is 31.1 Å². The smallest absolute Gasteiger partial charge is 0.0712 e.